The molecule has 0 radical (unpaired) electrons. The highest BCUT2D eigenvalue weighted by Gasteiger charge is 2.27. The number of carbonyl (C=O) groups is 1. The van der Waals surface area contributed by atoms with Gasteiger partial charge in [-0.05, 0) is 37.5 Å². The molecular weight excluding hydrogens is 176 g/mol. The molecule has 0 aromatic rings. The molecule has 0 N–H and O–H groups in total. The van der Waals surface area contributed by atoms with E-state index in [0.717, 1.165) is 12.8 Å². The van der Waals surface area contributed by atoms with E-state index in [1.165, 1.54) is 26.4 Å². The molecule has 80 valence electrons. The molecule has 0 saturated carbocycles. The van der Waals surface area contributed by atoms with E-state index >= 15 is 0 Å². The Balaban J connectivity index is 2.48. The lowest BCUT2D eigenvalue weighted by Gasteiger charge is -2.31. The molecule has 0 aliphatic heterocycles. The van der Waals surface area contributed by atoms with Crippen LogP contribution in [0.4, 0.5) is 0 Å². The third-order valence-electron chi connectivity index (χ3n) is 3.28. The lowest BCUT2D eigenvalue weighted by atomic mass is 9.73. The molecule has 0 amide bonds. The Labute approximate surface area is 86.3 Å². The maximum atomic E-state index is 11.1. The van der Waals surface area contributed by atoms with E-state index in [2.05, 4.69) is 23.8 Å². The summed E-state index contributed by atoms with van der Waals surface area (Å²) in [5, 5.41) is 0. The quantitative estimate of drug-likeness (QED) is 0.510. The van der Waals surface area contributed by atoms with Gasteiger partial charge < -0.3 is 4.74 Å². The Hall–Kier alpha value is -0.790. The first kappa shape index (κ1) is 11.3. The predicted octanol–water partition coefficient (Wildman–Crippen LogP) is 3.08. The molecule has 0 bridgehead atoms. The van der Waals surface area contributed by atoms with E-state index in [9.17, 15) is 4.79 Å². The molecule has 1 aliphatic rings. The van der Waals surface area contributed by atoms with Crippen molar-refractivity contribution < 1.29 is 9.53 Å². The zero-order valence-corrected chi connectivity index (χ0v) is 9.21. The van der Waals surface area contributed by atoms with E-state index in [1.807, 2.05) is 0 Å². The van der Waals surface area contributed by atoms with Gasteiger partial charge in [0.15, 0.2) is 0 Å². The van der Waals surface area contributed by atoms with Gasteiger partial charge in [0.05, 0.1) is 7.11 Å². The minimum atomic E-state index is -0.0863. The molecule has 2 nitrogen and oxygen atoms in total. The van der Waals surface area contributed by atoms with Crippen molar-refractivity contribution >= 4 is 5.97 Å². The topological polar surface area (TPSA) is 26.3 Å². The summed E-state index contributed by atoms with van der Waals surface area (Å²) in [6.07, 6.45) is 10.8. The molecular formula is C12H20O2. The van der Waals surface area contributed by atoms with Crippen LogP contribution in [0.25, 0.3) is 0 Å². The maximum Gasteiger partial charge on any atom is 0.305 e. The van der Waals surface area contributed by atoms with Crippen molar-refractivity contribution in [1.82, 2.24) is 0 Å². The highest BCUT2D eigenvalue weighted by molar-refractivity contribution is 5.69. The Kier molecular flexibility index (Phi) is 4.18. The Morgan fingerprint density at radius 3 is 2.86 bits per heavy atom. The van der Waals surface area contributed by atoms with Crippen molar-refractivity contribution in [3.8, 4) is 0 Å². The van der Waals surface area contributed by atoms with Gasteiger partial charge in [-0.1, -0.05) is 19.1 Å². The Morgan fingerprint density at radius 1 is 1.57 bits per heavy atom. The molecule has 1 atom stereocenters. The summed E-state index contributed by atoms with van der Waals surface area (Å²) in [6.45, 7) is 2.20. The van der Waals surface area contributed by atoms with Crippen molar-refractivity contribution in [1.29, 1.82) is 0 Å². The second-order valence-corrected chi connectivity index (χ2v) is 4.09. The maximum absolute atomic E-state index is 11.1. The van der Waals surface area contributed by atoms with E-state index in [-0.39, 0.29) is 11.4 Å². The average Bonchev–Trinajstić information content (AvgIpc) is 2.27. The van der Waals surface area contributed by atoms with Crippen LogP contribution in [0.3, 0.4) is 0 Å². The summed E-state index contributed by atoms with van der Waals surface area (Å²) in [6, 6.07) is 0. The first-order chi connectivity index (χ1) is 6.72. The normalized spacial score (nSPS) is 26.1. The van der Waals surface area contributed by atoms with Crippen LogP contribution < -0.4 is 0 Å². The smallest absolute Gasteiger partial charge is 0.305 e. The van der Waals surface area contributed by atoms with Gasteiger partial charge in [-0.3, -0.25) is 4.79 Å². The van der Waals surface area contributed by atoms with Gasteiger partial charge in [0.2, 0.25) is 0 Å². The largest absolute Gasteiger partial charge is 0.469 e. The van der Waals surface area contributed by atoms with E-state index in [4.69, 9.17) is 0 Å². The molecule has 0 spiro atoms. The summed E-state index contributed by atoms with van der Waals surface area (Å²) in [7, 11) is 1.46. The van der Waals surface area contributed by atoms with Gasteiger partial charge in [-0.15, -0.1) is 0 Å². The number of ether oxygens (including phenoxy) is 1. The number of carbonyl (C=O) groups excluding carboxylic acids is 1. The SMILES string of the molecule is CC[C@]1(CCC(=O)OC)C=CCCC1. The molecule has 0 heterocycles. The fourth-order valence-corrected chi connectivity index (χ4v) is 2.12. The fraction of sp³-hybridized carbons (Fsp3) is 0.750. The van der Waals surface area contributed by atoms with Crippen LogP contribution >= 0.6 is 0 Å². The van der Waals surface area contributed by atoms with Gasteiger partial charge in [0.1, 0.15) is 0 Å². The van der Waals surface area contributed by atoms with Crippen LogP contribution in [-0.4, -0.2) is 13.1 Å². The van der Waals surface area contributed by atoms with Crippen LogP contribution in [0.2, 0.25) is 0 Å². The number of hydrogen-bond acceptors (Lipinski definition) is 2. The van der Waals surface area contributed by atoms with E-state index in [1.54, 1.807) is 0 Å². The van der Waals surface area contributed by atoms with Crippen molar-refractivity contribution in [3.63, 3.8) is 0 Å². The summed E-state index contributed by atoms with van der Waals surface area (Å²) in [5.41, 5.74) is 0.270. The average molecular weight is 196 g/mol. The Morgan fingerprint density at radius 2 is 2.36 bits per heavy atom. The number of rotatable bonds is 4. The zero-order chi connectivity index (χ0) is 10.4. The van der Waals surface area contributed by atoms with Crippen LogP contribution in [0.15, 0.2) is 12.2 Å². The molecule has 1 rings (SSSR count). The molecule has 1 aliphatic carbocycles. The number of methoxy groups -OCH3 is 1. The second-order valence-electron chi connectivity index (χ2n) is 4.09. The molecule has 0 aromatic heterocycles. The van der Waals surface area contributed by atoms with Crippen LogP contribution in [-0.2, 0) is 9.53 Å². The van der Waals surface area contributed by atoms with Gasteiger partial charge in [0, 0.05) is 6.42 Å². The van der Waals surface area contributed by atoms with Crippen LogP contribution in [0.5, 0.6) is 0 Å². The molecule has 0 unspecified atom stereocenters. The van der Waals surface area contributed by atoms with Crippen LogP contribution in [0.1, 0.15) is 45.4 Å². The standard InChI is InChI=1S/C12H20O2/c1-3-12(8-5-4-6-9-12)10-7-11(13)14-2/h5,8H,3-4,6-7,9-10H2,1-2H3/t12-/m0/s1. The first-order valence-corrected chi connectivity index (χ1v) is 5.47. The number of hydrogen-bond donors (Lipinski definition) is 0. The summed E-state index contributed by atoms with van der Waals surface area (Å²) in [4.78, 5) is 11.1. The fourth-order valence-electron chi connectivity index (χ4n) is 2.12. The van der Waals surface area contributed by atoms with Crippen molar-refractivity contribution in [2.75, 3.05) is 7.11 Å². The monoisotopic (exact) mass is 196 g/mol. The summed E-state index contributed by atoms with van der Waals surface area (Å²) < 4.78 is 4.67. The van der Waals surface area contributed by atoms with Crippen molar-refractivity contribution in [3.05, 3.63) is 12.2 Å². The van der Waals surface area contributed by atoms with Gasteiger partial charge in [-0.2, -0.15) is 0 Å². The second kappa shape index (κ2) is 5.18. The summed E-state index contributed by atoms with van der Waals surface area (Å²) >= 11 is 0. The predicted molar refractivity (Wildman–Crippen MR) is 57.0 cm³/mol. The lowest BCUT2D eigenvalue weighted by Crippen LogP contribution is -2.21. The summed E-state index contributed by atoms with van der Waals surface area (Å²) in [5.74, 6) is -0.0863. The highest BCUT2D eigenvalue weighted by atomic mass is 16.5. The zero-order valence-electron chi connectivity index (χ0n) is 9.21. The molecule has 2 heteroatoms. The molecule has 0 fully saturated rings. The van der Waals surface area contributed by atoms with Gasteiger partial charge in [-0.25, -0.2) is 0 Å². The van der Waals surface area contributed by atoms with Gasteiger partial charge in [0.25, 0.3) is 0 Å². The van der Waals surface area contributed by atoms with Gasteiger partial charge >= 0.3 is 5.97 Å². The van der Waals surface area contributed by atoms with E-state index in [0.29, 0.717) is 6.42 Å². The first-order valence-electron chi connectivity index (χ1n) is 5.47. The minimum absolute atomic E-state index is 0.0863. The molecule has 14 heavy (non-hydrogen) atoms. The number of allylic oxidation sites excluding steroid dienone is 2. The Bertz CT molecular complexity index is 220. The third kappa shape index (κ3) is 2.86. The van der Waals surface area contributed by atoms with E-state index < -0.39 is 0 Å². The third-order valence-corrected chi connectivity index (χ3v) is 3.28. The van der Waals surface area contributed by atoms with Crippen molar-refractivity contribution in [2.45, 2.75) is 45.4 Å². The minimum Gasteiger partial charge on any atom is -0.469 e. The van der Waals surface area contributed by atoms with Crippen LogP contribution in [0, 0.1) is 5.41 Å². The highest BCUT2D eigenvalue weighted by Crippen LogP contribution is 2.38. The molecule has 0 saturated heterocycles. The lowest BCUT2D eigenvalue weighted by molar-refractivity contribution is -0.141. The van der Waals surface area contributed by atoms with Crippen molar-refractivity contribution in [2.24, 2.45) is 5.41 Å². The molecule has 0 aromatic carbocycles. The number of esters is 1.